The van der Waals surface area contributed by atoms with Crippen molar-refractivity contribution in [1.82, 2.24) is 4.98 Å². The number of pyridine rings is 1. The predicted octanol–water partition coefficient (Wildman–Crippen LogP) is 3.81. The van der Waals surface area contributed by atoms with Crippen LogP contribution >= 0.6 is 0 Å². The molecule has 0 atom stereocenters. The summed E-state index contributed by atoms with van der Waals surface area (Å²) in [5.41, 5.74) is 5.31. The van der Waals surface area contributed by atoms with Crippen LogP contribution in [-0.2, 0) is 6.61 Å². The zero-order valence-corrected chi connectivity index (χ0v) is 11.1. The minimum absolute atomic E-state index is 0.234. The Kier molecular flexibility index (Phi) is 2.24. The number of aryl methyl sites for hydroxylation is 1. The van der Waals surface area contributed by atoms with Gasteiger partial charge in [-0.25, -0.2) is 0 Å². The van der Waals surface area contributed by atoms with Gasteiger partial charge in [-0.3, -0.25) is 4.98 Å². The highest BCUT2D eigenvalue weighted by atomic mass is 16.5. The van der Waals surface area contributed by atoms with E-state index in [0.717, 1.165) is 33.3 Å². The zero-order chi connectivity index (χ0) is 13.7. The lowest BCUT2D eigenvalue weighted by Gasteiger charge is -2.22. The molecule has 3 aromatic rings. The molecule has 1 aliphatic rings. The van der Waals surface area contributed by atoms with E-state index in [-0.39, 0.29) is 5.75 Å². The van der Waals surface area contributed by atoms with E-state index in [1.807, 2.05) is 12.3 Å². The Hall–Kier alpha value is -2.55. The fourth-order valence-corrected chi connectivity index (χ4v) is 2.75. The third-order valence-corrected chi connectivity index (χ3v) is 3.76. The minimum Gasteiger partial charge on any atom is -0.508 e. The van der Waals surface area contributed by atoms with E-state index in [4.69, 9.17) is 4.74 Å². The van der Waals surface area contributed by atoms with Crippen LogP contribution in [0.5, 0.6) is 11.5 Å². The van der Waals surface area contributed by atoms with Crippen molar-refractivity contribution in [2.24, 2.45) is 0 Å². The fourth-order valence-electron chi connectivity index (χ4n) is 2.75. The SMILES string of the molecule is Cc1ccc2c(c1)OCc1c-2cnc2cc(O)ccc12. The van der Waals surface area contributed by atoms with Crippen molar-refractivity contribution in [2.75, 3.05) is 0 Å². The van der Waals surface area contributed by atoms with Crippen LogP contribution in [0.3, 0.4) is 0 Å². The molecule has 0 saturated carbocycles. The summed E-state index contributed by atoms with van der Waals surface area (Å²) in [6.45, 7) is 2.59. The summed E-state index contributed by atoms with van der Waals surface area (Å²) < 4.78 is 5.88. The van der Waals surface area contributed by atoms with Gasteiger partial charge in [0.1, 0.15) is 18.1 Å². The number of hydrogen-bond acceptors (Lipinski definition) is 3. The van der Waals surface area contributed by atoms with Gasteiger partial charge in [0, 0.05) is 34.3 Å². The molecule has 0 radical (unpaired) electrons. The van der Waals surface area contributed by atoms with Gasteiger partial charge in [0.25, 0.3) is 0 Å². The quantitative estimate of drug-likeness (QED) is 0.670. The molecule has 1 aromatic heterocycles. The summed E-state index contributed by atoms with van der Waals surface area (Å²) in [6.07, 6.45) is 1.87. The second-order valence-corrected chi connectivity index (χ2v) is 5.14. The first-order valence-corrected chi connectivity index (χ1v) is 6.57. The Morgan fingerprint density at radius 3 is 2.90 bits per heavy atom. The number of fused-ring (bicyclic) bond motifs is 5. The highest BCUT2D eigenvalue weighted by Gasteiger charge is 2.20. The molecule has 0 fully saturated rings. The Labute approximate surface area is 116 Å². The van der Waals surface area contributed by atoms with Crippen molar-refractivity contribution < 1.29 is 9.84 Å². The second kappa shape index (κ2) is 3.97. The highest BCUT2D eigenvalue weighted by Crippen LogP contribution is 2.40. The number of ether oxygens (including phenoxy) is 1. The van der Waals surface area contributed by atoms with Gasteiger partial charge in [0.05, 0.1) is 5.52 Å². The fraction of sp³-hybridized carbons (Fsp3) is 0.118. The van der Waals surface area contributed by atoms with Crippen molar-refractivity contribution in [1.29, 1.82) is 0 Å². The Bertz CT molecular complexity index is 840. The molecule has 0 aliphatic carbocycles. The van der Waals surface area contributed by atoms with Crippen LogP contribution in [-0.4, -0.2) is 10.1 Å². The monoisotopic (exact) mass is 263 g/mol. The number of aromatic nitrogens is 1. The number of benzene rings is 2. The second-order valence-electron chi connectivity index (χ2n) is 5.14. The standard InChI is InChI=1S/C17H13NO2/c1-10-2-4-13-14-8-18-16-7-11(19)3-5-12(16)15(14)9-20-17(13)6-10/h2-8,19H,9H2,1H3. The Balaban J connectivity index is 2.03. The topological polar surface area (TPSA) is 42.4 Å². The van der Waals surface area contributed by atoms with Gasteiger partial charge in [0.2, 0.25) is 0 Å². The Morgan fingerprint density at radius 2 is 2.00 bits per heavy atom. The maximum atomic E-state index is 9.55. The average molecular weight is 263 g/mol. The minimum atomic E-state index is 0.234. The van der Waals surface area contributed by atoms with Crippen LogP contribution < -0.4 is 4.74 Å². The molecule has 2 heterocycles. The van der Waals surface area contributed by atoms with Crippen molar-refractivity contribution in [3.8, 4) is 22.6 Å². The summed E-state index contributed by atoms with van der Waals surface area (Å²) in [7, 11) is 0. The summed E-state index contributed by atoms with van der Waals surface area (Å²) in [6, 6.07) is 11.5. The smallest absolute Gasteiger partial charge is 0.127 e. The van der Waals surface area contributed by atoms with Crippen molar-refractivity contribution in [3.63, 3.8) is 0 Å². The molecule has 3 heteroatoms. The van der Waals surface area contributed by atoms with E-state index < -0.39 is 0 Å². The first-order valence-electron chi connectivity index (χ1n) is 6.57. The van der Waals surface area contributed by atoms with Crippen LogP contribution in [0.25, 0.3) is 22.0 Å². The van der Waals surface area contributed by atoms with Crippen LogP contribution in [0.1, 0.15) is 11.1 Å². The molecule has 0 bridgehead atoms. The van der Waals surface area contributed by atoms with E-state index in [1.54, 1.807) is 12.1 Å². The van der Waals surface area contributed by atoms with Gasteiger partial charge in [-0.2, -0.15) is 0 Å². The molecule has 4 rings (SSSR count). The predicted molar refractivity (Wildman–Crippen MR) is 77.9 cm³/mol. The average Bonchev–Trinajstić information content (AvgIpc) is 2.45. The summed E-state index contributed by atoms with van der Waals surface area (Å²) in [4.78, 5) is 4.46. The first-order chi connectivity index (χ1) is 9.72. The molecule has 0 unspecified atom stereocenters. The molecule has 1 N–H and O–H groups in total. The number of hydrogen-bond donors (Lipinski definition) is 1. The lowest BCUT2D eigenvalue weighted by atomic mass is 9.95. The maximum absolute atomic E-state index is 9.55. The van der Waals surface area contributed by atoms with E-state index in [1.165, 1.54) is 5.56 Å². The highest BCUT2D eigenvalue weighted by molar-refractivity contribution is 5.91. The van der Waals surface area contributed by atoms with E-state index >= 15 is 0 Å². The number of aromatic hydroxyl groups is 1. The lowest BCUT2D eigenvalue weighted by molar-refractivity contribution is 0.303. The number of phenolic OH excluding ortho intramolecular Hbond substituents is 1. The summed E-state index contributed by atoms with van der Waals surface area (Å²) in [5.74, 6) is 1.15. The number of rotatable bonds is 0. The molecule has 98 valence electrons. The van der Waals surface area contributed by atoms with Crippen LogP contribution in [0, 0.1) is 6.92 Å². The lowest BCUT2D eigenvalue weighted by Crippen LogP contribution is -2.07. The molecular weight excluding hydrogens is 250 g/mol. The first kappa shape index (κ1) is 11.3. The van der Waals surface area contributed by atoms with Crippen molar-refractivity contribution >= 4 is 10.9 Å². The van der Waals surface area contributed by atoms with Gasteiger partial charge in [-0.05, 0) is 30.7 Å². The van der Waals surface area contributed by atoms with E-state index in [2.05, 4.69) is 30.1 Å². The molecule has 0 saturated heterocycles. The van der Waals surface area contributed by atoms with Gasteiger partial charge >= 0.3 is 0 Å². The summed E-state index contributed by atoms with van der Waals surface area (Å²) in [5, 5.41) is 10.6. The molecule has 2 aromatic carbocycles. The van der Waals surface area contributed by atoms with Crippen LogP contribution in [0.15, 0.2) is 42.6 Å². The molecule has 1 aliphatic heterocycles. The van der Waals surface area contributed by atoms with Gasteiger partial charge < -0.3 is 9.84 Å². The van der Waals surface area contributed by atoms with Crippen LogP contribution in [0.4, 0.5) is 0 Å². The van der Waals surface area contributed by atoms with E-state index in [0.29, 0.717) is 6.61 Å². The third kappa shape index (κ3) is 1.56. The van der Waals surface area contributed by atoms with Gasteiger partial charge in [-0.1, -0.05) is 12.1 Å². The maximum Gasteiger partial charge on any atom is 0.127 e. The van der Waals surface area contributed by atoms with E-state index in [9.17, 15) is 5.11 Å². The van der Waals surface area contributed by atoms with Crippen LogP contribution in [0.2, 0.25) is 0 Å². The van der Waals surface area contributed by atoms with Gasteiger partial charge in [-0.15, -0.1) is 0 Å². The zero-order valence-electron chi connectivity index (χ0n) is 11.1. The Morgan fingerprint density at radius 1 is 1.10 bits per heavy atom. The number of nitrogens with zero attached hydrogens (tertiary/aromatic N) is 1. The molecule has 3 nitrogen and oxygen atoms in total. The molecule has 0 amide bonds. The molecule has 0 spiro atoms. The molecular formula is C17H13NO2. The van der Waals surface area contributed by atoms with Crippen molar-refractivity contribution in [2.45, 2.75) is 13.5 Å². The largest absolute Gasteiger partial charge is 0.508 e. The van der Waals surface area contributed by atoms with Crippen molar-refractivity contribution in [3.05, 3.63) is 53.7 Å². The van der Waals surface area contributed by atoms with Gasteiger partial charge in [0.15, 0.2) is 0 Å². The normalized spacial score (nSPS) is 12.7. The summed E-state index contributed by atoms with van der Waals surface area (Å²) >= 11 is 0. The molecule has 20 heavy (non-hydrogen) atoms. The third-order valence-electron chi connectivity index (χ3n) is 3.76. The number of phenols is 1.